The number of carbonyl (C=O) groups excluding carboxylic acids is 2. The fraction of sp³-hybridized carbons (Fsp3) is 0.826. The summed E-state index contributed by atoms with van der Waals surface area (Å²) in [5.41, 5.74) is 0. The van der Waals surface area contributed by atoms with Gasteiger partial charge in [-0.2, -0.15) is 5.26 Å². The third kappa shape index (κ3) is 18.1. The molecule has 0 unspecified atom stereocenters. The zero-order valence-corrected chi connectivity index (χ0v) is 19.3. The van der Waals surface area contributed by atoms with Crippen LogP contribution in [-0.4, -0.2) is 68.6 Å². The summed E-state index contributed by atoms with van der Waals surface area (Å²) < 4.78 is 0. The fourth-order valence-corrected chi connectivity index (χ4v) is 3.37. The number of nitrogens with zero attached hydrogens (tertiary/aromatic N) is 4. The van der Waals surface area contributed by atoms with Crippen molar-refractivity contribution in [2.75, 3.05) is 40.3 Å². The number of hydrogen-bond acceptors (Lipinski definition) is 5. The average molecular weight is 422 g/mol. The van der Waals surface area contributed by atoms with Crippen LogP contribution in [0.5, 0.6) is 0 Å². The van der Waals surface area contributed by atoms with Gasteiger partial charge in [-0.3, -0.25) is 0 Å². The summed E-state index contributed by atoms with van der Waals surface area (Å²) in [6.45, 7) is 4.07. The minimum atomic E-state index is 0.606. The Hall–Kier alpha value is -1.94. The maximum absolute atomic E-state index is 10.4. The molecule has 0 bridgehead atoms. The molecule has 0 aliphatic rings. The molecule has 0 saturated carbocycles. The minimum absolute atomic E-state index is 0.606. The topological polar surface area (TPSA) is 88.8 Å². The monoisotopic (exact) mass is 421 g/mol. The summed E-state index contributed by atoms with van der Waals surface area (Å²) in [4.78, 5) is 28.9. The smallest absolute Gasteiger partial charge is 0.209 e. The van der Waals surface area contributed by atoms with Gasteiger partial charge in [-0.1, -0.05) is 38.5 Å². The Labute approximate surface area is 183 Å². The number of nitriles is 1. The molecule has 0 rings (SSSR count). The van der Waals surface area contributed by atoms with Gasteiger partial charge in [-0.15, -0.1) is 4.99 Å². The standard InChI is InChI=1S/C23H43N5O2/c1-27(2)23(26-22-24)25-16-15-19-28(17-11-7-3-5-9-13-20-29)18-12-8-4-6-10-14-21-30/h20-21H,3-19H2,1-2H3,(H,25,26). The Morgan fingerprint density at radius 1 is 0.800 bits per heavy atom. The van der Waals surface area contributed by atoms with Crippen LogP contribution in [0.2, 0.25) is 0 Å². The van der Waals surface area contributed by atoms with Gasteiger partial charge >= 0.3 is 0 Å². The van der Waals surface area contributed by atoms with E-state index in [1.165, 1.54) is 38.5 Å². The Morgan fingerprint density at radius 3 is 1.73 bits per heavy atom. The number of unbranched alkanes of at least 4 members (excludes halogenated alkanes) is 10. The first-order valence-electron chi connectivity index (χ1n) is 11.6. The average Bonchev–Trinajstić information content (AvgIpc) is 2.73. The van der Waals surface area contributed by atoms with E-state index >= 15 is 0 Å². The predicted molar refractivity (Wildman–Crippen MR) is 123 cm³/mol. The lowest BCUT2D eigenvalue weighted by molar-refractivity contribution is -0.108. The van der Waals surface area contributed by atoms with Crippen LogP contribution in [0, 0.1) is 11.5 Å². The van der Waals surface area contributed by atoms with Gasteiger partial charge in [0.2, 0.25) is 12.2 Å². The molecule has 0 aliphatic carbocycles. The molecule has 0 aromatic rings. The summed E-state index contributed by atoms with van der Waals surface area (Å²) in [6.07, 6.45) is 17.8. The van der Waals surface area contributed by atoms with Crippen LogP contribution < -0.4 is 5.32 Å². The number of hydrogen-bond donors (Lipinski definition) is 1. The van der Waals surface area contributed by atoms with Gasteiger partial charge in [-0.05, 0) is 51.7 Å². The number of aliphatic imine (C=N–C) groups is 1. The highest BCUT2D eigenvalue weighted by Crippen LogP contribution is 2.09. The summed E-state index contributed by atoms with van der Waals surface area (Å²) >= 11 is 0. The summed E-state index contributed by atoms with van der Waals surface area (Å²) in [6, 6.07) is 0. The van der Waals surface area contributed by atoms with Crippen LogP contribution in [0.1, 0.15) is 83.5 Å². The number of aldehydes is 2. The highest BCUT2D eigenvalue weighted by atomic mass is 16.1. The Kier molecular flexibility index (Phi) is 20.4. The Bertz CT molecular complexity index is 466. The molecule has 7 heteroatoms. The summed E-state index contributed by atoms with van der Waals surface area (Å²) in [5, 5.41) is 12.0. The van der Waals surface area contributed by atoms with E-state index in [0.717, 1.165) is 70.9 Å². The molecule has 0 fully saturated rings. The van der Waals surface area contributed by atoms with Gasteiger partial charge in [0.1, 0.15) is 12.6 Å². The van der Waals surface area contributed by atoms with Crippen LogP contribution in [0.3, 0.4) is 0 Å². The molecule has 0 saturated heterocycles. The van der Waals surface area contributed by atoms with Crippen LogP contribution in [0.25, 0.3) is 0 Å². The minimum Gasteiger partial charge on any atom is -0.355 e. The number of nitrogens with one attached hydrogen (secondary N) is 1. The van der Waals surface area contributed by atoms with Crippen LogP contribution >= 0.6 is 0 Å². The van der Waals surface area contributed by atoms with Gasteiger partial charge in [0.25, 0.3) is 0 Å². The largest absolute Gasteiger partial charge is 0.355 e. The van der Waals surface area contributed by atoms with E-state index in [2.05, 4.69) is 15.2 Å². The first kappa shape index (κ1) is 28.1. The maximum Gasteiger partial charge on any atom is 0.209 e. The van der Waals surface area contributed by atoms with Crippen LogP contribution in [-0.2, 0) is 9.59 Å². The number of guanidine groups is 1. The van der Waals surface area contributed by atoms with Gasteiger partial charge < -0.3 is 24.7 Å². The SMILES string of the molecule is CN(C)/C(=N\C#N)NCCCN(CCCCCCCC=O)CCCCCCCC=O. The van der Waals surface area contributed by atoms with Gasteiger partial charge in [0.05, 0.1) is 0 Å². The van der Waals surface area contributed by atoms with Crippen molar-refractivity contribution in [2.24, 2.45) is 4.99 Å². The second-order valence-electron chi connectivity index (χ2n) is 8.00. The normalized spacial score (nSPS) is 11.3. The third-order valence-corrected chi connectivity index (χ3v) is 5.11. The molecular weight excluding hydrogens is 378 g/mol. The Morgan fingerprint density at radius 2 is 1.27 bits per heavy atom. The molecule has 7 nitrogen and oxygen atoms in total. The lowest BCUT2D eigenvalue weighted by Crippen LogP contribution is -2.38. The molecule has 0 aliphatic heterocycles. The zero-order chi connectivity index (χ0) is 22.3. The quantitative estimate of drug-likeness (QED) is 0.106. The maximum atomic E-state index is 10.4. The van der Waals surface area contributed by atoms with Gasteiger partial charge in [0.15, 0.2) is 0 Å². The number of carbonyl (C=O) groups is 2. The first-order valence-corrected chi connectivity index (χ1v) is 11.6. The number of rotatable bonds is 20. The van der Waals surface area contributed by atoms with E-state index < -0.39 is 0 Å². The second-order valence-corrected chi connectivity index (χ2v) is 8.00. The molecule has 1 N–H and O–H groups in total. The van der Waals surface area contributed by atoms with Crippen molar-refractivity contribution in [3.05, 3.63) is 0 Å². The van der Waals surface area contributed by atoms with Gasteiger partial charge in [0, 0.05) is 33.5 Å². The highest BCUT2D eigenvalue weighted by Gasteiger charge is 2.06. The second kappa shape index (κ2) is 21.8. The van der Waals surface area contributed by atoms with Crippen molar-refractivity contribution in [3.63, 3.8) is 0 Å². The predicted octanol–water partition coefficient (Wildman–Crippen LogP) is 3.75. The van der Waals surface area contributed by atoms with E-state index in [1.54, 1.807) is 0 Å². The molecular formula is C23H43N5O2. The zero-order valence-electron chi connectivity index (χ0n) is 19.3. The lowest BCUT2D eigenvalue weighted by Gasteiger charge is -2.23. The third-order valence-electron chi connectivity index (χ3n) is 5.11. The van der Waals surface area contributed by atoms with E-state index in [1.807, 2.05) is 25.2 Å². The molecule has 0 amide bonds. The van der Waals surface area contributed by atoms with Crippen molar-refractivity contribution < 1.29 is 9.59 Å². The van der Waals surface area contributed by atoms with Crippen molar-refractivity contribution in [1.82, 2.24) is 15.1 Å². The summed E-state index contributed by atoms with van der Waals surface area (Å²) in [7, 11) is 3.75. The molecule has 0 radical (unpaired) electrons. The molecule has 172 valence electrons. The molecule has 0 spiro atoms. The Balaban J connectivity index is 4.15. The first-order chi connectivity index (χ1) is 14.7. The van der Waals surface area contributed by atoms with E-state index in [4.69, 9.17) is 5.26 Å². The highest BCUT2D eigenvalue weighted by molar-refractivity contribution is 5.80. The molecule has 0 aromatic carbocycles. The van der Waals surface area contributed by atoms with E-state index in [0.29, 0.717) is 18.8 Å². The van der Waals surface area contributed by atoms with E-state index in [-0.39, 0.29) is 0 Å². The van der Waals surface area contributed by atoms with Crippen molar-refractivity contribution >= 4 is 18.5 Å². The molecule has 0 heterocycles. The van der Waals surface area contributed by atoms with Crippen molar-refractivity contribution in [3.8, 4) is 6.19 Å². The van der Waals surface area contributed by atoms with Crippen molar-refractivity contribution in [1.29, 1.82) is 5.26 Å². The van der Waals surface area contributed by atoms with Crippen LogP contribution in [0.15, 0.2) is 4.99 Å². The van der Waals surface area contributed by atoms with Crippen LogP contribution in [0.4, 0.5) is 0 Å². The molecule has 30 heavy (non-hydrogen) atoms. The van der Waals surface area contributed by atoms with Gasteiger partial charge in [-0.25, -0.2) is 0 Å². The lowest BCUT2D eigenvalue weighted by atomic mass is 10.1. The fourth-order valence-electron chi connectivity index (χ4n) is 3.37. The summed E-state index contributed by atoms with van der Waals surface area (Å²) in [5.74, 6) is 0.606. The van der Waals surface area contributed by atoms with E-state index in [9.17, 15) is 9.59 Å². The van der Waals surface area contributed by atoms with Crippen molar-refractivity contribution in [2.45, 2.75) is 83.5 Å². The molecule has 0 atom stereocenters. The molecule has 0 aromatic heterocycles.